The van der Waals surface area contributed by atoms with Gasteiger partial charge in [0.2, 0.25) is 5.89 Å². The lowest BCUT2D eigenvalue weighted by Crippen LogP contribution is -2.21. The second kappa shape index (κ2) is 6.43. The van der Waals surface area contributed by atoms with E-state index in [4.69, 9.17) is 4.42 Å². The third kappa shape index (κ3) is 3.38. The van der Waals surface area contributed by atoms with Crippen LogP contribution in [0.5, 0.6) is 0 Å². The number of nitrogens with zero attached hydrogens (tertiary/aromatic N) is 3. The van der Waals surface area contributed by atoms with Crippen molar-refractivity contribution < 1.29 is 4.42 Å². The monoisotopic (exact) mass is 260 g/mol. The fourth-order valence-corrected chi connectivity index (χ4v) is 1.87. The predicted molar refractivity (Wildman–Crippen MR) is 73.6 cm³/mol. The number of rotatable bonds is 6. The number of aromatic nitrogens is 3. The maximum absolute atomic E-state index is 5.73. The zero-order valence-electron chi connectivity index (χ0n) is 11.7. The van der Waals surface area contributed by atoms with Crippen LogP contribution in [0.2, 0.25) is 0 Å². The Labute approximate surface area is 113 Å². The molecule has 102 valence electrons. The van der Waals surface area contributed by atoms with Gasteiger partial charge in [0.25, 0.3) is 5.89 Å². The second-order valence-electron chi connectivity index (χ2n) is 4.52. The summed E-state index contributed by atoms with van der Waals surface area (Å²) in [5.74, 6) is 1.12. The molecule has 5 heteroatoms. The van der Waals surface area contributed by atoms with Crippen LogP contribution in [0, 0.1) is 6.92 Å². The van der Waals surface area contributed by atoms with Crippen LogP contribution in [0.25, 0.3) is 11.6 Å². The van der Waals surface area contributed by atoms with Crippen molar-refractivity contribution in [3.63, 3.8) is 0 Å². The summed E-state index contributed by atoms with van der Waals surface area (Å²) in [6.45, 7) is 7.12. The molecule has 2 aromatic rings. The van der Waals surface area contributed by atoms with E-state index in [-0.39, 0.29) is 6.04 Å². The fraction of sp³-hybridized carbons (Fsp3) is 0.500. The largest absolute Gasteiger partial charge is 0.418 e. The first kappa shape index (κ1) is 13.7. The first-order chi connectivity index (χ1) is 9.24. The van der Waals surface area contributed by atoms with Gasteiger partial charge in [0.15, 0.2) is 0 Å². The number of hydrogen-bond donors (Lipinski definition) is 1. The minimum atomic E-state index is 0.117. The van der Waals surface area contributed by atoms with E-state index in [1.165, 1.54) is 0 Å². The van der Waals surface area contributed by atoms with Crippen molar-refractivity contribution in [2.75, 3.05) is 6.54 Å². The van der Waals surface area contributed by atoms with Crippen LogP contribution in [0.1, 0.15) is 44.3 Å². The maximum atomic E-state index is 5.73. The molecule has 0 aliphatic rings. The van der Waals surface area contributed by atoms with Gasteiger partial charge in [-0.1, -0.05) is 19.9 Å². The number of nitrogens with one attached hydrogen (secondary N) is 1. The molecule has 0 aromatic carbocycles. The van der Waals surface area contributed by atoms with Crippen LogP contribution in [0.15, 0.2) is 22.6 Å². The standard InChI is InChI=1S/C14H20N4O/c1-4-9-15-11(5-2)13-17-18-14(19-13)12-8-6-7-10(3)16-12/h6-8,11,15H,4-5,9H2,1-3H3. The third-order valence-corrected chi connectivity index (χ3v) is 2.90. The molecule has 0 radical (unpaired) electrons. The number of pyridine rings is 1. The molecule has 0 aliphatic heterocycles. The van der Waals surface area contributed by atoms with Crippen LogP contribution in [-0.2, 0) is 0 Å². The van der Waals surface area contributed by atoms with Gasteiger partial charge in [-0.15, -0.1) is 10.2 Å². The summed E-state index contributed by atoms with van der Waals surface area (Å²) in [5.41, 5.74) is 1.66. The lowest BCUT2D eigenvalue weighted by atomic mass is 10.2. The van der Waals surface area contributed by atoms with Gasteiger partial charge < -0.3 is 9.73 Å². The first-order valence-corrected chi connectivity index (χ1v) is 6.75. The molecule has 5 nitrogen and oxygen atoms in total. The molecule has 0 saturated heterocycles. The van der Waals surface area contributed by atoms with Gasteiger partial charge in [-0.3, -0.25) is 0 Å². The van der Waals surface area contributed by atoms with E-state index in [0.29, 0.717) is 11.8 Å². The molecule has 2 heterocycles. The quantitative estimate of drug-likeness (QED) is 0.865. The molecule has 19 heavy (non-hydrogen) atoms. The zero-order chi connectivity index (χ0) is 13.7. The Morgan fingerprint density at radius 3 is 2.79 bits per heavy atom. The minimum absolute atomic E-state index is 0.117. The van der Waals surface area contributed by atoms with Gasteiger partial charge >= 0.3 is 0 Å². The average molecular weight is 260 g/mol. The van der Waals surface area contributed by atoms with E-state index in [2.05, 4.69) is 34.3 Å². The van der Waals surface area contributed by atoms with E-state index in [9.17, 15) is 0 Å². The highest BCUT2D eigenvalue weighted by molar-refractivity contribution is 5.46. The van der Waals surface area contributed by atoms with Gasteiger partial charge in [0, 0.05) is 5.69 Å². The minimum Gasteiger partial charge on any atom is -0.418 e. The van der Waals surface area contributed by atoms with E-state index in [1.807, 2.05) is 25.1 Å². The number of hydrogen-bond acceptors (Lipinski definition) is 5. The lowest BCUT2D eigenvalue weighted by molar-refractivity contribution is 0.395. The Balaban J connectivity index is 2.18. The Hall–Kier alpha value is -1.75. The summed E-state index contributed by atoms with van der Waals surface area (Å²) in [4.78, 5) is 4.39. The van der Waals surface area contributed by atoms with Crippen LogP contribution in [0.3, 0.4) is 0 Å². The van der Waals surface area contributed by atoms with Crippen molar-refractivity contribution in [2.45, 2.75) is 39.7 Å². The molecule has 0 amide bonds. The Morgan fingerprint density at radius 1 is 1.26 bits per heavy atom. The fourth-order valence-electron chi connectivity index (χ4n) is 1.87. The van der Waals surface area contributed by atoms with Crippen molar-refractivity contribution in [1.82, 2.24) is 20.5 Å². The third-order valence-electron chi connectivity index (χ3n) is 2.90. The summed E-state index contributed by atoms with van der Waals surface area (Å²) in [5, 5.41) is 11.6. The normalized spacial score (nSPS) is 12.6. The summed E-state index contributed by atoms with van der Waals surface area (Å²) in [6, 6.07) is 5.88. The highest BCUT2D eigenvalue weighted by Crippen LogP contribution is 2.20. The van der Waals surface area contributed by atoms with Crippen LogP contribution in [-0.4, -0.2) is 21.7 Å². The smallest absolute Gasteiger partial charge is 0.266 e. The molecule has 0 spiro atoms. The molecule has 1 unspecified atom stereocenters. The van der Waals surface area contributed by atoms with Crippen LogP contribution in [0.4, 0.5) is 0 Å². The summed E-state index contributed by atoms with van der Waals surface area (Å²) in [7, 11) is 0. The van der Waals surface area contributed by atoms with E-state index in [1.54, 1.807) is 0 Å². The summed E-state index contributed by atoms with van der Waals surface area (Å²) in [6.07, 6.45) is 2.00. The Kier molecular flexibility index (Phi) is 4.63. The SMILES string of the molecule is CCCNC(CC)c1nnc(-c2cccc(C)n2)o1. The molecule has 0 bridgehead atoms. The van der Waals surface area contributed by atoms with Crippen molar-refractivity contribution in [3.8, 4) is 11.6 Å². The lowest BCUT2D eigenvalue weighted by Gasteiger charge is -2.11. The van der Waals surface area contributed by atoms with Crippen molar-refractivity contribution >= 4 is 0 Å². The van der Waals surface area contributed by atoms with E-state index in [0.717, 1.165) is 30.8 Å². The molecular formula is C14H20N4O. The molecule has 0 fully saturated rings. The van der Waals surface area contributed by atoms with Crippen molar-refractivity contribution in [2.24, 2.45) is 0 Å². The van der Waals surface area contributed by atoms with Gasteiger partial charge in [0.1, 0.15) is 5.69 Å². The van der Waals surface area contributed by atoms with Gasteiger partial charge in [-0.2, -0.15) is 0 Å². The van der Waals surface area contributed by atoms with E-state index >= 15 is 0 Å². The molecular weight excluding hydrogens is 240 g/mol. The molecule has 2 rings (SSSR count). The second-order valence-corrected chi connectivity index (χ2v) is 4.52. The topological polar surface area (TPSA) is 63.8 Å². The Morgan fingerprint density at radius 2 is 2.11 bits per heavy atom. The number of aryl methyl sites for hydroxylation is 1. The van der Waals surface area contributed by atoms with Crippen molar-refractivity contribution in [1.29, 1.82) is 0 Å². The molecule has 1 atom stereocenters. The maximum Gasteiger partial charge on any atom is 0.266 e. The molecule has 0 saturated carbocycles. The van der Waals surface area contributed by atoms with E-state index < -0.39 is 0 Å². The first-order valence-electron chi connectivity index (χ1n) is 6.75. The zero-order valence-corrected chi connectivity index (χ0v) is 11.7. The van der Waals surface area contributed by atoms with Gasteiger partial charge in [0.05, 0.1) is 6.04 Å². The molecule has 0 aliphatic carbocycles. The molecule has 1 N–H and O–H groups in total. The highest BCUT2D eigenvalue weighted by atomic mass is 16.4. The molecule has 2 aromatic heterocycles. The van der Waals surface area contributed by atoms with Crippen LogP contribution >= 0.6 is 0 Å². The highest BCUT2D eigenvalue weighted by Gasteiger charge is 2.17. The van der Waals surface area contributed by atoms with Gasteiger partial charge in [-0.05, 0) is 38.4 Å². The Bertz CT molecular complexity index is 524. The summed E-state index contributed by atoms with van der Waals surface area (Å²) >= 11 is 0. The van der Waals surface area contributed by atoms with Gasteiger partial charge in [-0.25, -0.2) is 4.98 Å². The van der Waals surface area contributed by atoms with Crippen molar-refractivity contribution in [3.05, 3.63) is 29.8 Å². The summed E-state index contributed by atoms with van der Waals surface area (Å²) < 4.78 is 5.73. The van der Waals surface area contributed by atoms with Crippen LogP contribution < -0.4 is 5.32 Å². The predicted octanol–water partition coefficient (Wildman–Crippen LogP) is 2.89. The average Bonchev–Trinajstić information content (AvgIpc) is 2.89.